The van der Waals surface area contributed by atoms with Gasteiger partial charge in [0.15, 0.2) is 0 Å². The Labute approximate surface area is 46.8 Å². The first-order valence-electron chi connectivity index (χ1n) is 1.96. The molecule has 0 saturated heterocycles. The van der Waals surface area contributed by atoms with Gasteiger partial charge < -0.3 is 5.73 Å². The van der Waals surface area contributed by atoms with Crippen LogP contribution in [0.4, 0.5) is 4.79 Å². The fourth-order valence-corrected chi connectivity index (χ4v) is 0.430. The topological polar surface area (TPSA) is 55.1 Å². The quantitative estimate of drug-likeness (QED) is 0.516. The Morgan fingerprint density at radius 2 is 2.57 bits per heavy atom. The molecule has 0 heterocycles. The summed E-state index contributed by atoms with van der Waals surface area (Å²) in [5, 5.41) is -0.387. The summed E-state index contributed by atoms with van der Waals surface area (Å²) in [6.45, 7) is 2.66. The SMILES string of the molecule is CCNSC(N)=O. The van der Waals surface area contributed by atoms with E-state index in [2.05, 4.69) is 4.72 Å². The number of hydrogen-bond acceptors (Lipinski definition) is 3. The molecule has 0 rings (SSSR count). The molecule has 3 nitrogen and oxygen atoms in total. The third-order valence-electron chi connectivity index (χ3n) is 0.317. The molecule has 7 heavy (non-hydrogen) atoms. The number of nitrogens with one attached hydrogen (secondary N) is 1. The molecule has 0 aliphatic heterocycles. The molecule has 4 heteroatoms. The van der Waals surface area contributed by atoms with Crippen molar-refractivity contribution in [3.63, 3.8) is 0 Å². The standard InChI is InChI=1S/C3H8N2OS/c1-2-5-7-3(4)6/h5H,2H2,1H3,(H2,4,6). The van der Waals surface area contributed by atoms with E-state index in [-0.39, 0.29) is 5.24 Å². The molecule has 42 valence electrons. The van der Waals surface area contributed by atoms with Crippen molar-refractivity contribution in [1.29, 1.82) is 0 Å². The smallest absolute Gasteiger partial charge is 0.291 e. The molecule has 0 unspecified atom stereocenters. The lowest BCUT2D eigenvalue weighted by Crippen LogP contribution is -2.11. The first-order valence-corrected chi connectivity index (χ1v) is 2.78. The van der Waals surface area contributed by atoms with Crippen LogP contribution < -0.4 is 10.5 Å². The monoisotopic (exact) mass is 120 g/mol. The second-order valence-corrected chi connectivity index (χ2v) is 1.81. The van der Waals surface area contributed by atoms with Gasteiger partial charge in [0, 0.05) is 18.5 Å². The predicted molar refractivity (Wildman–Crippen MR) is 30.9 cm³/mol. The first-order chi connectivity index (χ1) is 3.27. The summed E-state index contributed by atoms with van der Waals surface area (Å²) in [5.41, 5.74) is 4.74. The number of primary amides is 1. The van der Waals surface area contributed by atoms with E-state index in [1.807, 2.05) is 6.92 Å². The van der Waals surface area contributed by atoms with Crippen LogP contribution in [-0.2, 0) is 0 Å². The summed E-state index contributed by atoms with van der Waals surface area (Å²) in [5.74, 6) is 0. The van der Waals surface area contributed by atoms with E-state index in [0.29, 0.717) is 0 Å². The largest absolute Gasteiger partial charge is 0.359 e. The third-order valence-corrected chi connectivity index (χ3v) is 0.951. The van der Waals surface area contributed by atoms with Gasteiger partial charge in [-0.1, -0.05) is 6.92 Å². The zero-order chi connectivity index (χ0) is 5.70. The van der Waals surface area contributed by atoms with Gasteiger partial charge in [0.1, 0.15) is 0 Å². The Kier molecular flexibility index (Phi) is 3.83. The number of carbonyl (C=O) groups is 1. The Hall–Kier alpha value is -0.220. The van der Waals surface area contributed by atoms with Crippen LogP contribution in [0.5, 0.6) is 0 Å². The zero-order valence-electron chi connectivity index (χ0n) is 4.10. The average Bonchev–Trinajstić information content (AvgIpc) is 1.61. The summed E-state index contributed by atoms with van der Waals surface area (Å²) >= 11 is 0.920. The molecule has 0 aliphatic carbocycles. The number of amides is 1. The molecule has 0 fully saturated rings. The second kappa shape index (κ2) is 3.95. The minimum absolute atomic E-state index is 0.387. The highest BCUT2D eigenvalue weighted by Gasteiger charge is 1.87. The van der Waals surface area contributed by atoms with E-state index in [1.54, 1.807) is 0 Å². The van der Waals surface area contributed by atoms with Gasteiger partial charge in [-0.15, -0.1) is 0 Å². The number of hydrogen-bond donors (Lipinski definition) is 2. The molecular weight excluding hydrogens is 112 g/mol. The fourth-order valence-electron chi connectivity index (χ4n) is 0.143. The van der Waals surface area contributed by atoms with Crippen LogP contribution in [0.2, 0.25) is 0 Å². The second-order valence-electron chi connectivity index (χ2n) is 0.919. The highest BCUT2D eigenvalue weighted by Crippen LogP contribution is 1.87. The Bertz CT molecular complexity index is 66.0. The summed E-state index contributed by atoms with van der Waals surface area (Å²) in [4.78, 5) is 9.88. The van der Waals surface area contributed by atoms with E-state index >= 15 is 0 Å². The van der Waals surface area contributed by atoms with Crippen molar-refractivity contribution >= 4 is 17.2 Å². The Morgan fingerprint density at radius 3 is 2.71 bits per heavy atom. The van der Waals surface area contributed by atoms with Crippen molar-refractivity contribution in [2.24, 2.45) is 5.73 Å². The van der Waals surface area contributed by atoms with Crippen molar-refractivity contribution in [3.8, 4) is 0 Å². The lowest BCUT2D eigenvalue weighted by molar-refractivity contribution is 0.267. The summed E-state index contributed by atoms with van der Waals surface area (Å²) in [6, 6.07) is 0. The molecule has 0 radical (unpaired) electrons. The van der Waals surface area contributed by atoms with Crippen LogP contribution in [0.3, 0.4) is 0 Å². The molecule has 1 amide bonds. The third kappa shape index (κ3) is 5.78. The molecule has 3 N–H and O–H groups in total. The molecule has 0 atom stereocenters. The van der Waals surface area contributed by atoms with Crippen molar-refractivity contribution in [1.82, 2.24) is 4.72 Å². The van der Waals surface area contributed by atoms with Gasteiger partial charge in [0.05, 0.1) is 0 Å². The maximum atomic E-state index is 9.88. The average molecular weight is 120 g/mol. The van der Waals surface area contributed by atoms with Crippen LogP contribution in [0.1, 0.15) is 6.92 Å². The van der Waals surface area contributed by atoms with Crippen LogP contribution in [0.25, 0.3) is 0 Å². The highest BCUT2D eigenvalue weighted by atomic mass is 32.2. The predicted octanol–water partition coefficient (Wildman–Crippen LogP) is 0.323. The lowest BCUT2D eigenvalue weighted by Gasteiger charge is -1.90. The number of carbonyl (C=O) groups excluding carboxylic acids is 1. The Morgan fingerprint density at radius 1 is 2.00 bits per heavy atom. The van der Waals surface area contributed by atoms with E-state index in [4.69, 9.17) is 5.73 Å². The van der Waals surface area contributed by atoms with Crippen molar-refractivity contribution in [3.05, 3.63) is 0 Å². The summed E-state index contributed by atoms with van der Waals surface area (Å²) in [7, 11) is 0. The highest BCUT2D eigenvalue weighted by molar-refractivity contribution is 8.11. The minimum atomic E-state index is -0.387. The van der Waals surface area contributed by atoms with Crippen LogP contribution in [0.15, 0.2) is 0 Å². The van der Waals surface area contributed by atoms with Gasteiger partial charge in [0.2, 0.25) is 0 Å². The van der Waals surface area contributed by atoms with Gasteiger partial charge in [-0.05, 0) is 0 Å². The maximum Gasteiger partial charge on any atom is 0.291 e. The van der Waals surface area contributed by atoms with E-state index in [9.17, 15) is 4.79 Å². The van der Waals surface area contributed by atoms with Crippen molar-refractivity contribution in [2.45, 2.75) is 6.92 Å². The zero-order valence-corrected chi connectivity index (χ0v) is 4.92. The van der Waals surface area contributed by atoms with Crippen LogP contribution in [0, 0.1) is 0 Å². The first kappa shape index (κ1) is 6.78. The summed E-state index contributed by atoms with van der Waals surface area (Å²) < 4.78 is 2.69. The van der Waals surface area contributed by atoms with Crippen LogP contribution in [-0.4, -0.2) is 11.8 Å². The molecule has 0 aliphatic rings. The van der Waals surface area contributed by atoms with Crippen molar-refractivity contribution in [2.75, 3.05) is 6.54 Å². The summed E-state index contributed by atoms with van der Waals surface area (Å²) in [6.07, 6.45) is 0. The maximum absolute atomic E-state index is 9.88. The molecule has 0 aromatic heterocycles. The number of rotatable bonds is 2. The molecule has 0 saturated carbocycles. The minimum Gasteiger partial charge on any atom is -0.359 e. The van der Waals surface area contributed by atoms with Crippen LogP contribution >= 0.6 is 11.9 Å². The Balaban J connectivity index is 2.82. The van der Waals surface area contributed by atoms with Crippen molar-refractivity contribution < 1.29 is 4.79 Å². The fraction of sp³-hybridized carbons (Fsp3) is 0.667. The molecule has 0 aromatic carbocycles. The van der Waals surface area contributed by atoms with Gasteiger partial charge in [-0.3, -0.25) is 9.52 Å². The van der Waals surface area contributed by atoms with E-state index in [1.165, 1.54) is 0 Å². The van der Waals surface area contributed by atoms with Gasteiger partial charge in [-0.2, -0.15) is 0 Å². The molecular formula is C3H8N2OS. The van der Waals surface area contributed by atoms with Gasteiger partial charge >= 0.3 is 0 Å². The number of nitrogens with two attached hydrogens (primary N) is 1. The normalized spacial score (nSPS) is 8.71. The molecule has 0 spiro atoms. The van der Waals surface area contributed by atoms with E-state index < -0.39 is 0 Å². The van der Waals surface area contributed by atoms with Gasteiger partial charge in [0.25, 0.3) is 5.24 Å². The van der Waals surface area contributed by atoms with E-state index in [0.717, 1.165) is 18.5 Å². The molecule has 0 aromatic rings. The van der Waals surface area contributed by atoms with Gasteiger partial charge in [-0.25, -0.2) is 0 Å². The molecule has 0 bridgehead atoms. The lowest BCUT2D eigenvalue weighted by atomic mass is 10.8.